The first-order chi connectivity index (χ1) is 13.5. The Kier molecular flexibility index (Phi) is 6.10. The number of nitrogens with one attached hydrogen (secondary N) is 1. The number of benzene rings is 2. The minimum absolute atomic E-state index is 0.116. The van der Waals surface area contributed by atoms with Crippen LogP contribution in [0.4, 0.5) is 5.69 Å². The molecule has 3 aromatic rings. The summed E-state index contributed by atoms with van der Waals surface area (Å²) in [6, 6.07) is 14.2. The fourth-order valence-electron chi connectivity index (χ4n) is 2.53. The Balaban J connectivity index is 1.70. The number of carbonyl (C=O) groups is 2. The predicted octanol–water partition coefficient (Wildman–Crippen LogP) is 4.07. The zero-order valence-electron chi connectivity index (χ0n) is 15.6. The van der Waals surface area contributed by atoms with Crippen LogP contribution in [0.25, 0.3) is 11.5 Å². The summed E-state index contributed by atoms with van der Waals surface area (Å²) in [5.74, 6) is 0.550. The number of ether oxygens (including phenoxy) is 1. The Morgan fingerprint density at radius 3 is 2.57 bits per heavy atom. The molecule has 3 rings (SSSR count). The van der Waals surface area contributed by atoms with Crippen molar-refractivity contribution in [3.63, 3.8) is 0 Å². The predicted molar refractivity (Wildman–Crippen MR) is 107 cm³/mol. The van der Waals surface area contributed by atoms with Gasteiger partial charge in [-0.25, -0.2) is 0 Å². The van der Waals surface area contributed by atoms with E-state index in [0.717, 1.165) is 11.8 Å². The highest BCUT2D eigenvalue weighted by atomic mass is 32.2. The Bertz CT molecular complexity index is 1000. The number of anilines is 1. The molecule has 1 atom stereocenters. The van der Waals surface area contributed by atoms with Gasteiger partial charge in [0.25, 0.3) is 11.1 Å². The van der Waals surface area contributed by atoms with Crippen LogP contribution in [-0.2, 0) is 4.79 Å². The minimum Gasteiger partial charge on any atom is -0.496 e. The highest BCUT2D eigenvalue weighted by molar-refractivity contribution is 8.00. The molecule has 1 aromatic heterocycles. The number of carbonyl (C=O) groups excluding carboxylic acids is 2. The highest BCUT2D eigenvalue weighted by Gasteiger charge is 2.21. The summed E-state index contributed by atoms with van der Waals surface area (Å²) < 4.78 is 11.0. The molecule has 1 amide bonds. The monoisotopic (exact) mass is 397 g/mol. The summed E-state index contributed by atoms with van der Waals surface area (Å²) in [4.78, 5) is 24.2. The Morgan fingerprint density at radius 2 is 1.82 bits per heavy atom. The number of hydrogen-bond donors (Lipinski definition) is 1. The molecule has 0 radical (unpaired) electrons. The average Bonchev–Trinajstić information content (AvgIpc) is 3.16. The number of thioether (sulfide) groups is 1. The molecule has 0 aliphatic carbocycles. The van der Waals surface area contributed by atoms with Gasteiger partial charge >= 0.3 is 0 Å². The molecule has 0 saturated carbocycles. The molecule has 0 bridgehead atoms. The van der Waals surface area contributed by atoms with Gasteiger partial charge in [-0.3, -0.25) is 9.59 Å². The second kappa shape index (κ2) is 8.71. The molecule has 144 valence electrons. The number of aromatic nitrogens is 2. The summed E-state index contributed by atoms with van der Waals surface area (Å²) in [6.07, 6.45) is 0. The van der Waals surface area contributed by atoms with Crippen molar-refractivity contribution in [1.82, 2.24) is 10.2 Å². The van der Waals surface area contributed by atoms with Crippen LogP contribution in [0.5, 0.6) is 5.75 Å². The fraction of sp³-hybridized carbons (Fsp3) is 0.200. The normalized spacial score (nSPS) is 11.7. The van der Waals surface area contributed by atoms with Crippen LogP contribution in [0.2, 0.25) is 0 Å². The third-order valence-electron chi connectivity index (χ3n) is 3.95. The van der Waals surface area contributed by atoms with Crippen LogP contribution in [0.3, 0.4) is 0 Å². The maximum atomic E-state index is 12.5. The van der Waals surface area contributed by atoms with Crippen molar-refractivity contribution < 1.29 is 18.7 Å². The molecule has 1 N–H and O–H groups in total. The van der Waals surface area contributed by atoms with Crippen LogP contribution in [0, 0.1) is 0 Å². The topological polar surface area (TPSA) is 94.3 Å². The molecule has 1 heterocycles. The van der Waals surface area contributed by atoms with Crippen molar-refractivity contribution in [3.05, 3.63) is 54.1 Å². The molecule has 28 heavy (non-hydrogen) atoms. The van der Waals surface area contributed by atoms with Crippen molar-refractivity contribution >= 4 is 29.1 Å². The molecule has 7 nitrogen and oxygen atoms in total. The van der Waals surface area contributed by atoms with Gasteiger partial charge in [-0.05, 0) is 38.1 Å². The van der Waals surface area contributed by atoms with Crippen LogP contribution in [-0.4, -0.2) is 34.2 Å². The van der Waals surface area contributed by atoms with Gasteiger partial charge < -0.3 is 14.5 Å². The Hall–Kier alpha value is -3.13. The second-order valence-electron chi connectivity index (χ2n) is 5.92. The van der Waals surface area contributed by atoms with Gasteiger partial charge in [-0.1, -0.05) is 36.0 Å². The van der Waals surface area contributed by atoms with Crippen LogP contribution < -0.4 is 10.1 Å². The molecule has 0 aliphatic heterocycles. The van der Waals surface area contributed by atoms with E-state index in [4.69, 9.17) is 9.15 Å². The summed E-state index contributed by atoms with van der Waals surface area (Å²) in [7, 11) is 1.57. The van der Waals surface area contributed by atoms with E-state index >= 15 is 0 Å². The molecule has 0 fully saturated rings. The third-order valence-corrected chi connectivity index (χ3v) is 4.89. The summed E-state index contributed by atoms with van der Waals surface area (Å²) in [6.45, 7) is 3.18. The molecule has 2 aromatic carbocycles. The van der Waals surface area contributed by atoms with Crippen molar-refractivity contribution in [2.45, 2.75) is 24.3 Å². The molecular weight excluding hydrogens is 378 g/mol. The zero-order chi connectivity index (χ0) is 20.1. The maximum Gasteiger partial charge on any atom is 0.277 e. The summed E-state index contributed by atoms with van der Waals surface area (Å²) >= 11 is 1.14. The molecular formula is C20H19N3O4S. The lowest BCUT2D eigenvalue weighted by Crippen LogP contribution is -2.23. The van der Waals surface area contributed by atoms with E-state index in [2.05, 4.69) is 15.5 Å². The first-order valence-electron chi connectivity index (χ1n) is 8.54. The van der Waals surface area contributed by atoms with E-state index in [9.17, 15) is 9.59 Å². The van der Waals surface area contributed by atoms with E-state index in [1.54, 1.807) is 44.4 Å². The number of ketones is 1. The van der Waals surface area contributed by atoms with E-state index in [-0.39, 0.29) is 16.9 Å². The van der Waals surface area contributed by atoms with Gasteiger partial charge in [0.15, 0.2) is 5.78 Å². The zero-order valence-corrected chi connectivity index (χ0v) is 16.4. The molecule has 0 aliphatic rings. The number of rotatable bonds is 7. The van der Waals surface area contributed by atoms with E-state index < -0.39 is 5.25 Å². The molecule has 0 spiro atoms. The molecule has 0 saturated heterocycles. The molecule has 0 unspecified atom stereocenters. The second-order valence-corrected chi connectivity index (χ2v) is 7.22. The summed E-state index contributed by atoms with van der Waals surface area (Å²) in [5, 5.41) is 10.6. The number of Topliss-reactive ketones (excluding diaryl/α,β-unsaturated/α-hetero) is 1. The lowest BCUT2D eigenvalue weighted by molar-refractivity contribution is -0.115. The number of nitrogens with zero attached hydrogens (tertiary/aromatic N) is 2. The van der Waals surface area contributed by atoms with Crippen LogP contribution in [0.15, 0.2) is 58.2 Å². The number of hydrogen-bond acceptors (Lipinski definition) is 7. The fourth-order valence-corrected chi connectivity index (χ4v) is 3.21. The number of methoxy groups -OCH3 is 1. The maximum absolute atomic E-state index is 12.5. The smallest absolute Gasteiger partial charge is 0.277 e. The lowest BCUT2D eigenvalue weighted by atomic mass is 10.1. The Morgan fingerprint density at radius 1 is 1.11 bits per heavy atom. The number of amides is 1. The number of para-hydroxylation sites is 2. The van der Waals surface area contributed by atoms with Crippen molar-refractivity contribution in [3.8, 4) is 17.2 Å². The van der Waals surface area contributed by atoms with Gasteiger partial charge in [0.2, 0.25) is 5.91 Å². The quantitative estimate of drug-likeness (QED) is 0.474. The van der Waals surface area contributed by atoms with Crippen molar-refractivity contribution in [2.24, 2.45) is 0 Å². The SMILES string of the molecule is COc1ccccc1-c1nnc(S[C@@H](C)C(=O)Nc2ccccc2C(C)=O)o1. The van der Waals surface area contributed by atoms with Gasteiger partial charge in [-0.2, -0.15) is 0 Å². The standard InChI is InChI=1S/C20H19N3O4S/c1-12(24)14-8-4-6-10-16(14)21-18(25)13(2)28-20-23-22-19(27-20)15-9-5-7-11-17(15)26-3/h4-11,13H,1-3H3,(H,21,25)/t13-/m0/s1. The average molecular weight is 397 g/mol. The van der Waals surface area contributed by atoms with Crippen molar-refractivity contribution in [1.29, 1.82) is 0 Å². The van der Waals surface area contributed by atoms with Crippen LogP contribution >= 0.6 is 11.8 Å². The highest BCUT2D eigenvalue weighted by Crippen LogP contribution is 2.31. The van der Waals surface area contributed by atoms with Crippen LogP contribution in [0.1, 0.15) is 24.2 Å². The van der Waals surface area contributed by atoms with Crippen molar-refractivity contribution in [2.75, 3.05) is 12.4 Å². The molecule has 8 heteroatoms. The Labute approximate surface area is 166 Å². The van der Waals surface area contributed by atoms with Gasteiger partial charge in [0.05, 0.1) is 23.6 Å². The van der Waals surface area contributed by atoms with Gasteiger partial charge in [0.1, 0.15) is 5.75 Å². The van der Waals surface area contributed by atoms with Gasteiger partial charge in [-0.15, -0.1) is 10.2 Å². The first-order valence-corrected chi connectivity index (χ1v) is 9.42. The third kappa shape index (κ3) is 4.40. The van der Waals surface area contributed by atoms with E-state index in [0.29, 0.717) is 28.5 Å². The van der Waals surface area contributed by atoms with E-state index in [1.807, 2.05) is 18.2 Å². The summed E-state index contributed by atoms with van der Waals surface area (Å²) in [5.41, 5.74) is 1.62. The van der Waals surface area contributed by atoms with Gasteiger partial charge in [0, 0.05) is 5.56 Å². The van der Waals surface area contributed by atoms with E-state index in [1.165, 1.54) is 6.92 Å². The first kappa shape index (κ1) is 19.6. The minimum atomic E-state index is -0.508. The largest absolute Gasteiger partial charge is 0.496 e. The lowest BCUT2D eigenvalue weighted by Gasteiger charge is -2.12.